The van der Waals surface area contributed by atoms with E-state index >= 15 is 0 Å². The summed E-state index contributed by atoms with van der Waals surface area (Å²) >= 11 is 5.99. The molecular weight excluding hydrogens is 439 g/mol. The van der Waals surface area contributed by atoms with Crippen LogP contribution < -0.4 is 26.4 Å². The molecule has 0 saturated heterocycles. The van der Waals surface area contributed by atoms with Gasteiger partial charge in [0.15, 0.2) is 0 Å². The molecule has 0 unspecified atom stereocenters. The SMILES string of the molecule is COc1ccc(Cl)cc1NCCC(=O)Nc1ccccc1C(=O)NCCN.Cl.Cl. The molecule has 10 heteroatoms. The highest BCUT2D eigenvalue weighted by atomic mass is 35.5. The minimum Gasteiger partial charge on any atom is -0.495 e. The lowest BCUT2D eigenvalue weighted by atomic mass is 10.1. The third kappa shape index (κ3) is 8.37. The summed E-state index contributed by atoms with van der Waals surface area (Å²) in [5.74, 6) is 0.141. The maximum absolute atomic E-state index is 12.3. The van der Waals surface area contributed by atoms with Gasteiger partial charge in [0.2, 0.25) is 5.91 Å². The van der Waals surface area contributed by atoms with Gasteiger partial charge < -0.3 is 26.4 Å². The van der Waals surface area contributed by atoms with Crippen LogP contribution in [-0.4, -0.2) is 38.6 Å². The highest BCUT2D eigenvalue weighted by Gasteiger charge is 2.12. The Kier molecular flexibility index (Phi) is 12.8. The zero-order valence-electron chi connectivity index (χ0n) is 15.9. The van der Waals surface area contributed by atoms with Crippen molar-refractivity contribution in [2.75, 3.05) is 37.4 Å². The molecule has 29 heavy (non-hydrogen) atoms. The maximum atomic E-state index is 12.3. The number of ether oxygens (including phenoxy) is 1. The van der Waals surface area contributed by atoms with Crippen LogP contribution in [-0.2, 0) is 4.79 Å². The van der Waals surface area contributed by atoms with E-state index < -0.39 is 0 Å². The first-order valence-corrected chi connectivity index (χ1v) is 8.87. The molecule has 2 aromatic carbocycles. The summed E-state index contributed by atoms with van der Waals surface area (Å²) in [6.07, 6.45) is 0.203. The van der Waals surface area contributed by atoms with Crippen LogP contribution in [0.3, 0.4) is 0 Å². The number of carbonyl (C=O) groups is 2. The quantitative estimate of drug-likeness (QED) is 0.456. The predicted octanol–water partition coefficient (Wildman–Crippen LogP) is 3.32. The lowest BCUT2D eigenvalue weighted by Crippen LogP contribution is -2.30. The van der Waals surface area contributed by atoms with Crippen LogP contribution in [0, 0.1) is 0 Å². The first kappa shape index (κ1) is 26.8. The van der Waals surface area contributed by atoms with Gasteiger partial charge in [-0.2, -0.15) is 0 Å². The molecule has 0 aliphatic carbocycles. The summed E-state index contributed by atoms with van der Waals surface area (Å²) < 4.78 is 5.25. The minimum atomic E-state index is -0.280. The van der Waals surface area contributed by atoms with Gasteiger partial charge in [0.05, 0.1) is 24.0 Å². The van der Waals surface area contributed by atoms with Gasteiger partial charge in [-0.05, 0) is 30.3 Å². The van der Waals surface area contributed by atoms with Crippen LogP contribution in [0.15, 0.2) is 42.5 Å². The van der Waals surface area contributed by atoms with Gasteiger partial charge in [-0.3, -0.25) is 9.59 Å². The highest BCUT2D eigenvalue weighted by molar-refractivity contribution is 6.30. The molecule has 0 spiro atoms. The van der Waals surface area contributed by atoms with E-state index in [-0.39, 0.29) is 43.0 Å². The second-order valence-electron chi connectivity index (χ2n) is 5.66. The van der Waals surface area contributed by atoms with Crippen molar-refractivity contribution in [1.29, 1.82) is 0 Å². The summed E-state index contributed by atoms with van der Waals surface area (Å²) in [7, 11) is 1.56. The summed E-state index contributed by atoms with van der Waals surface area (Å²) in [4.78, 5) is 24.4. The Hall–Kier alpha value is -2.19. The van der Waals surface area contributed by atoms with Crippen LogP contribution >= 0.6 is 36.4 Å². The Bertz CT molecular complexity index is 806. The highest BCUT2D eigenvalue weighted by Crippen LogP contribution is 2.27. The van der Waals surface area contributed by atoms with Crippen molar-refractivity contribution in [3.8, 4) is 5.75 Å². The molecule has 0 bridgehead atoms. The predicted molar refractivity (Wildman–Crippen MR) is 122 cm³/mol. The summed E-state index contributed by atoms with van der Waals surface area (Å²) in [6, 6.07) is 12.0. The van der Waals surface area contributed by atoms with Crippen molar-refractivity contribution in [1.82, 2.24) is 5.32 Å². The van der Waals surface area contributed by atoms with E-state index in [0.717, 1.165) is 0 Å². The van der Waals surface area contributed by atoms with Gasteiger partial charge in [0.1, 0.15) is 5.75 Å². The first-order valence-electron chi connectivity index (χ1n) is 8.49. The average molecular weight is 464 g/mol. The second kappa shape index (κ2) is 13.9. The molecule has 0 aliphatic heterocycles. The normalized spacial score (nSPS) is 9.48. The van der Waals surface area contributed by atoms with Crippen LogP contribution in [0.25, 0.3) is 0 Å². The van der Waals surface area contributed by atoms with Gasteiger partial charge >= 0.3 is 0 Å². The molecule has 2 amide bonds. The number of benzene rings is 2. The number of carbonyl (C=O) groups excluding carboxylic acids is 2. The number of amides is 2. The Morgan fingerprint density at radius 1 is 1.07 bits per heavy atom. The molecule has 7 nitrogen and oxygen atoms in total. The number of anilines is 2. The van der Waals surface area contributed by atoms with Crippen LogP contribution in [0.5, 0.6) is 5.75 Å². The van der Waals surface area contributed by atoms with E-state index in [2.05, 4.69) is 16.0 Å². The average Bonchev–Trinajstić information content (AvgIpc) is 2.66. The molecule has 0 fully saturated rings. The number of methoxy groups -OCH3 is 1. The number of nitrogens with two attached hydrogens (primary N) is 1. The topological polar surface area (TPSA) is 105 Å². The maximum Gasteiger partial charge on any atom is 0.253 e. The number of halogens is 3. The van der Waals surface area contributed by atoms with Crippen LogP contribution in [0.2, 0.25) is 5.02 Å². The lowest BCUT2D eigenvalue weighted by Gasteiger charge is -2.13. The van der Waals surface area contributed by atoms with E-state index in [1.165, 1.54) is 0 Å². The van der Waals surface area contributed by atoms with Gasteiger partial charge in [-0.25, -0.2) is 0 Å². The smallest absolute Gasteiger partial charge is 0.253 e. The zero-order valence-corrected chi connectivity index (χ0v) is 18.3. The lowest BCUT2D eigenvalue weighted by molar-refractivity contribution is -0.115. The molecule has 0 atom stereocenters. The van der Waals surface area contributed by atoms with E-state index in [0.29, 0.717) is 47.3 Å². The van der Waals surface area contributed by atoms with Crippen molar-refractivity contribution >= 4 is 59.6 Å². The molecular formula is C19H25Cl3N4O3. The molecule has 2 rings (SSSR count). The van der Waals surface area contributed by atoms with Crippen LogP contribution in [0.1, 0.15) is 16.8 Å². The monoisotopic (exact) mass is 462 g/mol. The number of hydrogen-bond donors (Lipinski definition) is 4. The molecule has 0 radical (unpaired) electrons. The minimum absolute atomic E-state index is 0. The zero-order chi connectivity index (χ0) is 19.6. The Balaban J connectivity index is 0.00000392. The van der Waals surface area contributed by atoms with Crippen molar-refractivity contribution < 1.29 is 14.3 Å². The number of rotatable bonds is 9. The van der Waals surface area contributed by atoms with Crippen molar-refractivity contribution in [2.45, 2.75) is 6.42 Å². The summed E-state index contributed by atoms with van der Waals surface area (Å²) in [5.41, 5.74) is 6.95. The van der Waals surface area contributed by atoms with Crippen LogP contribution in [0.4, 0.5) is 11.4 Å². The largest absolute Gasteiger partial charge is 0.495 e. The van der Waals surface area contributed by atoms with E-state index in [9.17, 15) is 9.59 Å². The van der Waals surface area contributed by atoms with E-state index in [1.807, 2.05) is 0 Å². The molecule has 160 valence electrons. The molecule has 0 aromatic heterocycles. The van der Waals surface area contributed by atoms with Gasteiger partial charge in [-0.15, -0.1) is 24.8 Å². The second-order valence-corrected chi connectivity index (χ2v) is 6.10. The molecule has 0 saturated carbocycles. The van der Waals surface area contributed by atoms with Crippen molar-refractivity contribution in [3.05, 3.63) is 53.1 Å². The Morgan fingerprint density at radius 2 is 1.79 bits per heavy atom. The summed E-state index contributed by atoms with van der Waals surface area (Å²) in [6.45, 7) is 1.09. The number of nitrogens with one attached hydrogen (secondary N) is 3. The third-order valence-electron chi connectivity index (χ3n) is 3.70. The van der Waals surface area contributed by atoms with Gasteiger partial charge in [0, 0.05) is 31.1 Å². The van der Waals surface area contributed by atoms with E-state index in [1.54, 1.807) is 49.6 Å². The van der Waals surface area contributed by atoms with Crippen molar-refractivity contribution in [2.24, 2.45) is 5.73 Å². The Morgan fingerprint density at radius 3 is 2.48 bits per heavy atom. The fraction of sp³-hybridized carbons (Fsp3) is 0.263. The molecule has 2 aromatic rings. The fourth-order valence-electron chi connectivity index (χ4n) is 2.41. The fourth-order valence-corrected chi connectivity index (χ4v) is 2.58. The molecule has 0 aliphatic rings. The number of para-hydroxylation sites is 1. The number of hydrogen-bond acceptors (Lipinski definition) is 5. The molecule has 5 N–H and O–H groups in total. The third-order valence-corrected chi connectivity index (χ3v) is 3.94. The van der Waals surface area contributed by atoms with Gasteiger partial charge in [0.25, 0.3) is 5.91 Å². The Labute approximate surface area is 187 Å². The van der Waals surface area contributed by atoms with Gasteiger partial charge in [-0.1, -0.05) is 23.7 Å². The van der Waals surface area contributed by atoms with Crippen molar-refractivity contribution in [3.63, 3.8) is 0 Å². The standard InChI is InChI=1S/C19H23ClN4O3.2ClH/c1-27-17-7-6-13(20)12-16(17)22-10-8-18(25)24-15-5-3-2-4-14(15)19(26)23-11-9-21;;/h2-7,12,22H,8-11,21H2,1H3,(H,23,26)(H,24,25);2*1H. The van der Waals surface area contributed by atoms with E-state index in [4.69, 9.17) is 22.1 Å². The molecule has 0 heterocycles. The first-order chi connectivity index (χ1) is 13.0. The summed E-state index contributed by atoms with van der Waals surface area (Å²) in [5, 5.41) is 9.15.